The summed E-state index contributed by atoms with van der Waals surface area (Å²) in [4.78, 5) is 2.56. The summed E-state index contributed by atoms with van der Waals surface area (Å²) >= 11 is 0. The van der Waals surface area contributed by atoms with Gasteiger partial charge in [0.25, 0.3) is 0 Å². The molecule has 0 amide bonds. The lowest BCUT2D eigenvalue weighted by molar-refractivity contribution is 0.0940. The van der Waals surface area contributed by atoms with Crippen molar-refractivity contribution in [1.82, 2.24) is 4.90 Å². The quantitative estimate of drug-likeness (QED) is 0.797. The average Bonchev–Trinajstić information content (AvgIpc) is 2.86. The van der Waals surface area contributed by atoms with E-state index in [4.69, 9.17) is 10.5 Å². The fraction of sp³-hybridized carbons (Fsp3) is 1.00. The lowest BCUT2D eigenvalue weighted by Gasteiger charge is -2.34. The van der Waals surface area contributed by atoms with Gasteiger partial charge >= 0.3 is 0 Å². The zero-order valence-corrected chi connectivity index (χ0v) is 11.2. The maximum absolute atomic E-state index is 6.34. The predicted octanol–water partition coefficient (Wildman–Crippen LogP) is 1.86. The number of nitrogens with zero attached hydrogens (tertiary/aromatic N) is 1. The Morgan fingerprint density at radius 1 is 1.18 bits per heavy atom. The number of hydrogen-bond donors (Lipinski definition) is 1. The number of ether oxygens (including phenoxy) is 1. The highest BCUT2D eigenvalue weighted by molar-refractivity contribution is 4.82. The van der Waals surface area contributed by atoms with Crippen molar-refractivity contribution >= 4 is 0 Å². The van der Waals surface area contributed by atoms with Crippen LogP contribution in [-0.2, 0) is 4.74 Å². The number of likely N-dealkylation sites (tertiary alicyclic amines) is 1. The minimum Gasteiger partial charge on any atom is -0.384 e. The molecule has 1 atom stereocenters. The molecule has 0 radical (unpaired) electrons. The van der Waals surface area contributed by atoms with Gasteiger partial charge in [-0.15, -0.1) is 0 Å². The molecule has 2 fully saturated rings. The molecule has 0 bridgehead atoms. The fourth-order valence-electron chi connectivity index (χ4n) is 3.40. The summed E-state index contributed by atoms with van der Waals surface area (Å²) in [5.74, 6) is 1.57. The Morgan fingerprint density at radius 2 is 1.82 bits per heavy atom. The van der Waals surface area contributed by atoms with E-state index in [9.17, 15) is 0 Å². The second-order valence-corrected chi connectivity index (χ2v) is 5.91. The Morgan fingerprint density at radius 3 is 2.41 bits per heavy atom. The average molecular weight is 240 g/mol. The Labute approximate surface area is 106 Å². The van der Waals surface area contributed by atoms with Gasteiger partial charge in [-0.25, -0.2) is 0 Å². The molecule has 1 unspecified atom stereocenters. The molecule has 0 aromatic carbocycles. The molecule has 0 aromatic heterocycles. The molecule has 2 aliphatic rings. The van der Waals surface area contributed by atoms with Crippen LogP contribution >= 0.6 is 0 Å². The Bertz CT molecular complexity index is 208. The third-order valence-electron chi connectivity index (χ3n) is 4.58. The van der Waals surface area contributed by atoms with Crippen molar-refractivity contribution in [3.05, 3.63) is 0 Å². The summed E-state index contributed by atoms with van der Waals surface area (Å²) in [6.07, 6.45) is 8.08. The van der Waals surface area contributed by atoms with E-state index in [0.717, 1.165) is 25.0 Å². The Kier molecular flexibility index (Phi) is 5.26. The molecule has 100 valence electrons. The van der Waals surface area contributed by atoms with Crippen LogP contribution in [0.2, 0.25) is 0 Å². The molecular weight excluding hydrogens is 212 g/mol. The number of hydrogen-bond acceptors (Lipinski definition) is 3. The highest BCUT2D eigenvalue weighted by Gasteiger charge is 2.26. The first-order chi connectivity index (χ1) is 8.29. The molecule has 1 aliphatic heterocycles. The van der Waals surface area contributed by atoms with Gasteiger partial charge in [0, 0.05) is 26.3 Å². The second kappa shape index (κ2) is 6.72. The van der Waals surface area contributed by atoms with Gasteiger partial charge in [-0.3, -0.25) is 0 Å². The van der Waals surface area contributed by atoms with Crippen LogP contribution in [0.5, 0.6) is 0 Å². The van der Waals surface area contributed by atoms with Crippen LogP contribution in [0, 0.1) is 11.8 Å². The first-order valence-corrected chi connectivity index (χ1v) is 7.26. The van der Waals surface area contributed by atoms with Gasteiger partial charge in [0.05, 0.1) is 0 Å². The summed E-state index contributed by atoms with van der Waals surface area (Å²) in [5.41, 5.74) is 6.34. The van der Waals surface area contributed by atoms with Gasteiger partial charge in [0.1, 0.15) is 0 Å². The lowest BCUT2D eigenvalue weighted by atomic mass is 9.95. The minimum absolute atomic E-state index is 0.413. The van der Waals surface area contributed by atoms with Crippen molar-refractivity contribution in [2.75, 3.05) is 33.4 Å². The maximum atomic E-state index is 6.34. The normalized spacial score (nSPS) is 26.5. The van der Waals surface area contributed by atoms with Crippen LogP contribution in [0.25, 0.3) is 0 Å². The van der Waals surface area contributed by atoms with E-state index in [2.05, 4.69) is 4.90 Å². The molecule has 0 spiro atoms. The van der Waals surface area contributed by atoms with Gasteiger partial charge < -0.3 is 15.4 Å². The maximum Gasteiger partial charge on any atom is 0.0491 e. The van der Waals surface area contributed by atoms with E-state index in [1.165, 1.54) is 51.6 Å². The van der Waals surface area contributed by atoms with Crippen molar-refractivity contribution in [1.29, 1.82) is 0 Å². The van der Waals surface area contributed by atoms with Crippen molar-refractivity contribution in [2.24, 2.45) is 17.6 Å². The van der Waals surface area contributed by atoms with Crippen LogP contribution in [0.3, 0.4) is 0 Å². The molecular formula is C14H28N2O. The fourth-order valence-corrected chi connectivity index (χ4v) is 3.40. The summed E-state index contributed by atoms with van der Waals surface area (Å²) in [6, 6.07) is 0.413. The summed E-state index contributed by atoms with van der Waals surface area (Å²) in [7, 11) is 1.81. The highest BCUT2D eigenvalue weighted by atomic mass is 16.5. The number of rotatable bonds is 5. The van der Waals surface area contributed by atoms with E-state index >= 15 is 0 Å². The van der Waals surface area contributed by atoms with Gasteiger partial charge in [-0.05, 0) is 50.6 Å². The first-order valence-electron chi connectivity index (χ1n) is 7.26. The van der Waals surface area contributed by atoms with Crippen molar-refractivity contribution in [3.8, 4) is 0 Å². The SMILES string of the molecule is COCC1CCN(CC(N)C2CCCC2)CC1. The molecule has 1 saturated heterocycles. The van der Waals surface area contributed by atoms with Crippen LogP contribution in [0.1, 0.15) is 38.5 Å². The first kappa shape index (κ1) is 13.3. The number of methoxy groups -OCH3 is 1. The number of piperidine rings is 1. The molecule has 1 heterocycles. The van der Waals surface area contributed by atoms with Gasteiger partial charge in [0.15, 0.2) is 0 Å². The van der Waals surface area contributed by atoms with E-state index in [1.807, 2.05) is 7.11 Å². The summed E-state index contributed by atoms with van der Waals surface area (Å²) in [5, 5.41) is 0. The highest BCUT2D eigenvalue weighted by Crippen LogP contribution is 2.27. The summed E-state index contributed by atoms with van der Waals surface area (Å²) < 4.78 is 5.24. The van der Waals surface area contributed by atoms with Crippen LogP contribution in [0.4, 0.5) is 0 Å². The van der Waals surface area contributed by atoms with Crippen molar-refractivity contribution in [2.45, 2.75) is 44.6 Å². The monoisotopic (exact) mass is 240 g/mol. The van der Waals surface area contributed by atoms with Crippen LogP contribution in [-0.4, -0.2) is 44.3 Å². The van der Waals surface area contributed by atoms with E-state index in [0.29, 0.717) is 6.04 Å². The predicted molar refractivity (Wildman–Crippen MR) is 71.0 cm³/mol. The Hall–Kier alpha value is -0.120. The Balaban J connectivity index is 1.66. The largest absolute Gasteiger partial charge is 0.384 e. The van der Waals surface area contributed by atoms with Crippen molar-refractivity contribution in [3.63, 3.8) is 0 Å². The molecule has 2 N–H and O–H groups in total. The molecule has 2 rings (SSSR count). The van der Waals surface area contributed by atoms with Crippen molar-refractivity contribution < 1.29 is 4.74 Å². The van der Waals surface area contributed by atoms with Gasteiger partial charge in [-0.2, -0.15) is 0 Å². The smallest absolute Gasteiger partial charge is 0.0491 e. The zero-order chi connectivity index (χ0) is 12.1. The molecule has 1 saturated carbocycles. The lowest BCUT2D eigenvalue weighted by Crippen LogP contribution is -2.45. The van der Waals surface area contributed by atoms with Gasteiger partial charge in [-0.1, -0.05) is 12.8 Å². The third kappa shape index (κ3) is 3.94. The molecule has 17 heavy (non-hydrogen) atoms. The molecule has 0 aromatic rings. The minimum atomic E-state index is 0.413. The molecule has 1 aliphatic carbocycles. The molecule has 3 heteroatoms. The molecule has 3 nitrogen and oxygen atoms in total. The van der Waals surface area contributed by atoms with Crippen LogP contribution < -0.4 is 5.73 Å². The summed E-state index contributed by atoms with van der Waals surface area (Å²) in [6.45, 7) is 4.48. The van der Waals surface area contributed by atoms with E-state index in [-0.39, 0.29) is 0 Å². The second-order valence-electron chi connectivity index (χ2n) is 5.91. The topological polar surface area (TPSA) is 38.5 Å². The van der Waals surface area contributed by atoms with Crippen LogP contribution in [0.15, 0.2) is 0 Å². The zero-order valence-electron chi connectivity index (χ0n) is 11.2. The third-order valence-corrected chi connectivity index (χ3v) is 4.58. The van der Waals surface area contributed by atoms with E-state index in [1.54, 1.807) is 0 Å². The van der Waals surface area contributed by atoms with E-state index < -0.39 is 0 Å². The van der Waals surface area contributed by atoms with Gasteiger partial charge in [0.2, 0.25) is 0 Å². The standard InChI is InChI=1S/C14H28N2O/c1-17-11-12-6-8-16(9-7-12)10-14(15)13-4-2-3-5-13/h12-14H,2-11,15H2,1H3. The number of nitrogens with two attached hydrogens (primary N) is 1.